The largest absolute Gasteiger partial charge is 0.476 e. The molecule has 9 nitrogen and oxygen atoms in total. The second kappa shape index (κ2) is 12.6. The van der Waals surface area contributed by atoms with Crippen molar-refractivity contribution in [2.75, 3.05) is 12.9 Å². The average molecular weight is 544 g/mol. The van der Waals surface area contributed by atoms with Gasteiger partial charge in [-0.2, -0.15) is 0 Å². The van der Waals surface area contributed by atoms with Crippen LogP contribution in [0.3, 0.4) is 0 Å². The van der Waals surface area contributed by atoms with E-state index in [2.05, 4.69) is 18.5 Å². The maximum absolute atomic E-state index is 12.9. The molecular weight excluding hydrogens is 514 g/mol. The summed E-state index contributed by atoms with van der Waals surface area (Å²) in [5.41, 5.74) is 2.01. The number of amides is 1. The van der Waals surface area contributed by atoms with Gasteiger partial charge >= 0.3 is 12.1 Å². The fourth-order valence-corrected chi connectivity index (χ4v) is 5.47. The van der Waals surface area contributed by atoms with Crippen molar-refractivity contribution in [3.8, 4) is 11.1 Å². The van der Waals surface area contributed by atoms with Crippen molar-refractivity contribution >= 4 is 33.8 Å². The van der Waals surface area contributed by atoms with E-state index < -0.39 is 22.1 Å². The Morgan fingerprint density at radius 2 is 1.89 bits per heavy atom. The van der Waals surface area contributed by atoms with Gasteiger partial charge in [-0.15, -0.1) is 11.8 Å². The number of nitrogens with zero attached hydrogens (tertiary/aromatic N) is 2. The molecular formula is C26H29N3O6S2. The van der Waals surface area contributed by atoms with Crippen LogP contribution in [-0.2, 0) is 27.7 Å². The lowest BCUT2D eigenvalue weighted by Crippen LogP contribution is -2.31. The molecule has 0 aliphatic carbocycles. The summed E-state index contributed by atoms with van der Waals surface area (Å²) in [6.45, 7) is 5.68. The number of thioether (sulfide) groups is 1. The molecule has 1 aromatic heterocycles. The third kappa shape index (κ3) is 6.80. The first-order valence-electron chi connectivity index (χ1n) is 11.6. The highest BCUT2D eigenvalue weighted by atomic mass is 32.2. The Labute approximate surface area is 220 Å². The normalized spacial score (nSPS) is 11.2. The zero-order valence-electron chi connectivity index (χ0n) is 20.6. The Balaban J connectivity index is 1.92. The van der Waals surface area contributed by atoms with Crippen molar-refractivity contribution in [1.29, 1.82) is 0 Å². The predicted molar refractivity (Wildman–Crippen MR) is 142 cm³/mol. The molecule has 2 N–H and O–H groups in total. The third-order valence-electron chi connectivity index (χ3n) is 5.50. The molecule has 0 bridgehead atoms. The highest BCUT2D eigenvalue weighted by molar-refractivity contribution is 7.98. The lowest BCUT2D eigenvalue weighted by atomic mass is 10.0. The predicted octanol–water partition coefficient (Wildman–Crippen LogP) is 4.96. The summed E-state index contributed by atoms with van der Waals surface area (Å²) in [6.07, 6.45) is 4.56. The van der Waals surface area contributed by atoms with Crippen LogP contribution in [0.1, 0.15) is 41.6 Å². The maximum atomic E-state index is 12.9. The topological polar surface area (TPSA) is 128 Å². The Kier molecular flexibility index (Phi) is 9.54. The summed E-state index contributed by atoms with van der Waals surface area (Å²) in [5.74, 6) is -0.312. The molecule has 1 heterocycles. The number of benzene rings is 2. The molecule has 0 spiro atoms. The smallest absolute Gasteiger partial charge is 0.421 e. The Morgan fingerprint density at radius 1 is 1.19 bits per heavy atom. The van der Waals surface area contributed by atoms with Gasteiger partial charge in [0.2, 0.25) is 0 Å². The molecule has 0 aliphatic heterocycles. The fraction of sp³-hybridized carbons (Fsp3) is 0.269. The van der Waals surface area contributed by atoms with E-state index in [0.717, 1.165) is 24.2 Å². The molecule has 37 heavy (non-hydrogen) atoms. The van der Waals surface area contributed by atoms with Crippen LogP contribution in [0.25, 0.3) is 11.1 Å². The first-order valence-corrected chi connectivity index (χ1v) is 14.3. The van der Waals surface area contributed by atoms with Crippen molar-refractivity contribution < 1.29 is 27.9 Å². The fourth-order valence-electron chi connectivity index (χ4n) is 3.76. The van der Waals surface area contributed by atoms with Crippen molar-refractivity contribution in [2.24, 2.45) is 0 Å². The number of imidazole rings is 1. The van der Waals surface area contributed by atoms with Gasteiger partial charge < -0.3 is 14.4 Å². The first kappa shape index (κ1) is 28.0. The first-order chi connectivity index (χ1) is 17.7. The highest BCUT2D eigenvalue weighted by Gasteiger charge is 2.24. The van der Waals surface area contributed by atoms with Gasteiger partial charge in [0.25, 0.3) is 10.0 Å². The van der Waals surface area contributed by atoms with E-state index in [9.17, 15) is 23.1 Å². The number of carboxylic acids is 1. The number of unbranched alkanes of at least 4 members (excludes halogenated alkanes) is 1. The number of aromatic nitrogens is 2. The molecule has 3 rings (SSSR count). The maximum Gasteiger partial charge on any atom is 0.421 e. The van der Waals surface area contributed by atoms with Gasteiger partial charge in [-0.1, -0.05) is 68.5 Å². The van der Waals surface area contributed by atoms with E-state index in [1.165, 1.54) is 23.9 Å². The number of carbonyl (C=O) groups is 2. The van der Waals surface area contributed by atoms with E-state index in [0.29, 0.717) is 29.1 Å². The van der Waals surface area contributed by atoms with Gasteiger partial charge in [0.1, 0.15) is 17.5 Å². The van der Waals surface area contributed by atoms with E-state index in [4.69, 9.17) is 4.74 Å². The molecule has 0 saturated heterocycles. The zero-order chi connectivity index (χ0) is 27.0. The molecule has 0 radical (unpaired) electrons. The quantitative estimate of drug-likeness (QED) is 0.242. The molecule has 3 aromatic rings. The minimum absolute atomic E-state index is 0.0764. The number of carboxylic acid groups (broad SMARTS) is 1. The highest BCUT2D eigenvalue weighted by Crippen LogP contribution is 2.29. The van der Waals surface area contributed by atoms with E-state index in [-0.39, 0.29) is 17.2 Å². The lowest BCUT2D eigenvalue weighted by Gasteiger charge is -2.13. The van der Waals surface area contributed by atoms with Crippen molar-refractivity contribution in [1.82, 2.24) is 14.3 Å². The summed E-state index contributed by atoms with van der Waals surface area (Å²) < 4.78 is 34.1. The number of hydrogen-bond acceptors (Lipinski definition) is 7. The van der Waals surface area contributed by atoms with E-state index >= 15 is 0 Å². The molecule has 2 aromatic carbocycles. The van der Waals surface area contributed by atoms with Gasteiger partial charge in [-0.25, -0.2) is 27.7 Å². The molecule has 0 atom stereocenters. The number of ether oxygens (including phenoxy) is 1. The Hall–Kier alpha value is -3.57. The number of nitrogens with one attached hydrogen (secondary N) is 1. The number of sulfonamides is 1. The summed E-state index contributed by atoms with van der Waals surface area (Å²) >= 11 is 1.30. The molecule has 0 aliphatic rings. The second-order valence-electron chi connectivity index (χ2n) is 8.07. The van der Waals surface area contributed by atoms with Gasteiger partial charge in [0.15, 0.2) is 5.69 Å². The van der Waals surface area contributed by atoms with Crippen LogP contribution in [0.2, 0.25) is 0 Å². The van der Waals surface area contributed by atoms with Crippen molar-refractivity contribution in [2.45, 2.75) is 42.7 Å². The van der Waals surface area contributed by atoms with Crippen LogP contribution in [0.15, 0.2) is 71.1 Å². The minimum atomic E-state index is -4.20. The van der Waals surface area contributed by atoms with E-state index in [1.807, 2.05) is 16.9 Å². The molecule has 196 valence electrons. The number of aromatic carboxylic acids is 1. The van der Waals surface area contributed by atoms with Crippen LogP contribution in [-0.4, -0.2) is 48.0 Å². The number of hydrogen-bond donors (Lipinski definition) is 2. The minimum Gasteiger partial charge on any atom is -0.476 e. The van der Waals surface area contributed by atoms with Crippen molar-refractivity contribution in [3.05, 3.63) is 78.3 Å². The lowest BCUT2D eigenvalue weighted by molar-refractivity contribution is 0.0681. The van der Waals surface area contributed by atoms with Crippen molar-refractivity contribution in [3.63, 3.8) is 0 Å². The summed E-state index contributed by atoms with van der Waals surface area (Å²) in [6, 6.07) is 13.5. The number of aryl methyl sites for hydroxylation is 1. The summed E-state index contributed by atoms with van der Waals surface area (Å²) in [7, 11) is -4.20. The van der Waals surface area contributed by atoms with Crippen LogP contribution in [0, 0.1) is 0 Å². The number of carbonyl (C=O) groups excluding carboxylic acids is 1. The monoisotopic (exact) mass is 543 g/mol. The molecule has 11 heteroatoms. The van der Waals surface area contributed by atoms with Crippen LogP contribution in [0.5, 0.6) is 0 Å². The zero-order valence-corrected chi connectivity index (χ0v) is 22.3. The third-order valence-corrected chi connectivity index (χ3v) is 7.54. The SMILES string of the molecule is C=CCOC(=O)NS(=O)(=O)c1ccccc1-c1ccc(Cn2c(CCCC)nc(SC)c2C(=O)O)cc1. The van der Waals surface area contributed by atoms with Gasteiger partial charge in [-0.05, 0) is 29.9 Å². The second-order valence-corrected chi connectivity index (χ2v) is 10.5. The van der Waals surface area contributed by atoms with Gasteiger partial charge in [0, 0.05) is 18.5 Å². The summed E-state index contributed by atoms with van der Waals surface area (Å²) in [5, 5.41) is 10.3. The average Bonchev–Trinajstić information content (AvgIpc) is 3.23. The Morgan fingerprint density at radius 3 is 2.51 bits per heavy atom. The standard InChI is InChI=1S/C26H29N3O6S2/c1-4-6-11-22-27-24(36-3)23(25(30)31)29(22)17-18-12-14-19(15-13-18)20-9-7-8-10-21(20)37(33,34)28-26(32)35-16-5-2/h5,7-10,12-15H,2,4,6,11,16-17H2,1,3H3,(H,28,32)(H,30,31). The molecule has 0 saturated carbocycles. The van der Waals surface area contributed by atoms with Gasteiger partial charge in [-0.3, -0.25) is 0 Å². The Bertz CT molecular complexity index is 1380. The van der Waals surface area contributed by atoms with Crippen LogP contribution < -0.4 is 4.72 Å². The molecule has 1 amide bonds. The molecule has 0 unspecified atom stereocenters. The summed E-state index contributed by atoms with van der Waals surface area (Å²) in [4.78, 5) is 28.3. The van der Waals surface area contributed by atoms with Crippen LogP contribution in [0.4, 0.5) is 4.79 Å². The van der Waals surface area contributed by atoms with Gasteiger partial charge in [0.05, 0.1) is 4.90 Å². The molecule has 0 fully saturated rings. The van der Waals surface area contributed by atoms with Crippen LogP contribution >= 0.6 is 11.8 Å². The number of rotatable bonds is 12. The van der Waals surface area contributed by atoms with E-state index in [1.54, 1.807) is 41.2 Å².